The van der Waals surface area contributed by atoms with Crippen molar-refractivity contribution in [2.45, 2.75) is 44.9 Å². The van der Waals surface area contributed by atoms with Gasteiger partial charge in [0.05, 0.1) is 13.2 Å². The van der Waals surface area contributed by atoms with Crippen molar-refractivity contribution in [3.63, 3.8) is 0 Å². The minimum Gasteiger partial charge on any atom is -0.493 e. The van der Waals surface area contributed by atoms with Crippen LogP contribution >= 0.6 is 0 Å². The molecule has 186 valence electrons. The van der Waals surface area contributed by atoms with Gasteiger partial charge >= 0.3 is 0 Å². The molecule has 2 atom stereocenters. The maximum atomic E-state index is 12.8. The molecule has 0 unspecified atom stereocenters. The van der Waals surface area contributed by atoms with Crippen LogP contribution in [-0.2, 0) is 27.3 Å². The van der Waals surface area contributed by atoms with Gasteiger partial charge in [0.15, 0.2) is 18.1 Å². The summed E-state index contributed by atoms with van der Waals surface area (Å²) in [6.45, 7) is 2.64. The molecule has 1 saturated heterocycles. The average molecular weight is 482 g/mol. The monoisotopic (exact) mass is 481 g/mol. The molecule has 35 heavy (non-hydrogen) atoms. The molecule has 5 heterocycles. The molecule has 1 fully saturated rings. The maximum absolute atomic E-state index is 12.8. The Balaban J connectivity index is 1.57. The molecular weight excluding hydrogens is 450 g/mol. The molecule has 2 aromatic carbocycles. The zero-order valence-corrected chi connectivity index (χ0v) is 20.0. The molecule has 0 spiro atoms. The van der Waals surface area contributed by atoms with E-state index in [0.29, 0.717) is 56.1 Å². The fourth-order valence-electron chi connectivity index (χ4n) is 4.28. The number of hydrogen-bond acceptors (Lipinski definition) is 6. The number of nitrogens with zero attached hydrogens (tertiary/aromatic N) is 1. The lowest BCUT2D eigenvalue weighted by molar-refractivity contribution is -0.133. The van der Waals surface area contributed by atoms with Crippen LogP contribution in [0, 0.1) is 0 Å². The first-order valence-corrected chi connectivity index (χ1v) is 11.8. The molecular formula is C26H31N3O6. The first kappa shape index (κ1) is 24.4. The van der Waals surface area contributed by atoms with Crippen LogP contribution in [0.25, 0.3) is 0 Å². The second-order valence-electron chi connectivity index (χ2n) is 8.78. The quantitative estimate of drug-likeness (QED) is 0.644. The Bertz CT molecular complexity index is 1070. The smallest absolute Gasteiger partial charge is 0.258 e. The molecule has 0 aliphatic carbocycles. The molecule has 0 radical (unpaired) electrons. The third-order valence-corrected chi connectivity index (χ3v) is 6.27. The van der Waals surface area contributed by atoms with Gasteiger partial charge < -0.3 is 29.7 Å². The van der Waals surface area contributed by atoms with Crippen LogP contribution in [0.4, 0.5) is 0 Å². The Hall–Kier alpha value is -3.75. The summed E-state index contributed by atoms with van der Waals surface area (Å²) < 4.78 is 17.4. The predicted molar refractivity (Wildman–Crippen MR) is 128 cm³/mol. The lowest BCUT2D eigenvalue weighted by atomic mass is 10.0. The number of nitrogens with one attached hydrogen (secondary N) is 2. The van der Waals surface area contributed by atoms with Crippen molar-refractivity contribution in [3.05, 3.63) is 53.6 Å². The van der Waals surface area contributed by atoms with Crippen LogP contribution in [0.3, 0.4) is 0 Å². The Kier molecular flexibility index (Phi) is 7.74. The summed E-state index contributed by atoms with van der Waals surface area (Å²) in [5.74, 6) is 1.18. The Morgan fingerprint density at radius 3 is 2.57 bits per heavy atom. The topological polar surface area (TPSA) is 106 Å². The summed E-state index contributed by atoms with van der Waals surface area (Å²) >= 11 is 0. The first-order valence-electron chi connectivity index (χ1n) is 11.8. The maximum Gasteiger partial charge on any atom is 0.258 e. The van der Waals surface area contributed by atoms with E-state index < -0.39 is 6.04 Å². The van der Waals surface area contributed by atoms with Crippen LogP contribution in [0.2, 0.25) is 0 Å². The van der Waals surface area contributed by atoms with E-state index in [0.717, 1.165) is 11.1 Å². The summed E-state index contributed by atoms with van der Waals surface area (Å²) in [7, 11) is 1.53. The zero-order valence-electron chi connectivity index (χ0n) is 20.0. The minimum atomic E-state index is -0.391. The van der Waals surface area contributed by atoms with Crippen molar-refractivity contribution in [3.8, 4) is 17.2 Å². The second-order valence-corrected chi connectivity index (χ2v) is 8.78. The number of likely N-dealkylation sites (tertiary alicyclic amines) is 1. The lowest BCUT2D eigenvalue weighted by Gasteiger charge is -2.38. The van der Waals surface area contributed by atoms with E-state index >= 15 is 0 Å². The molecule has 5 aliphatic heterocycles. The normalized spacial score (nSPS) is 21.1. The fourth-order valence-corrected chi connectivity index (χ4v) is 4.28. The summed E-state index contributed by atoms with van der Waals surface area (Å²) in [4.78, 5) is 38.8. The standard InChI is InChI=1S/C26H31N3O6/c1-17(30)29-12-11-22-21(15-29)28-26(32)16-34-23-9-5-18(13-24(23)33-2)6-10-25(31)27-14-19-3-7-20(35-22)8-4-19/h3-5,7-9,13,21-22H,6,10-12,14-16H2,1-2H3,(H,27,31)(H,28,32)/t21-,22-/m1/s1. The van der Waals surface area contributed by atoms with E-state index in [2.05, 4.69) is 10.6 Å². The molecule has 7 rings (SSSR count). The Morgan fingerprint density at radius 1 is 1.06 bits per heavy atom. The number of carbonyl (C=O) groups excluding carboxylic acids is 3. The van der Waals surface area contributed by atoms with Crippen LogP contribution in [0.5, 0.6) is 17.2 Å². The highest BCUT2D eigenvalue weighted by Gasteiger charge is 2.33. The molecule has 3 amide bonds. The third kappa shape index (κ3) is 6.44. The number of piperidine rings is 1. The van der Waals surface area contributed by atoms with E-state index in [1.807, 2.05) is 36.4 Å². The summed E-state index contributed by atoms with van der Waals surface area (Å²) in [6.07, 6.45) is 1.16. The molecule has 0 saturated carbocycles. The number of rotatable bonds is 1. The van der Waals surface area contributed by atoms with E-state index in [1.165, 1.54) is 14.0 Å². The summed E-state index contributed by atoms with van der Waals surface area (Å²) in [5, 5.41) is 5.93. The van der Waals surface area contributed by atoms with E-state index in [4.69, 9.17) is 14.2 Å². The van der Waals surface area contributed by atoms with Crippen molar-refractivity contribution < 1.29 is 28.6 Å². The molecule has 4 bridgehead atoms. The van der Waals surface area contributed by atoms with E-state index in [-0.39, 0.29) is 30.4 Å². The van der Waals surface area contributed by atoms with Crippen molar-refractivity contribution in [1.82, 2.24) is 15.5 Å². The molecule has 9 nitrogen and oxygen atoms in total. The van der Waals surface area contributed by atoms with Gasteiger partial charge in [-0.05, 0) is 41.8 Å². The molecule has 2 aromatic rings. The van der Waals surface area contributed by atoms with Crippen molar-refractivity contribution in [2.75, 3.05) is 26.8 Å². The Labute approximate surface area is 204 Å². The molecule has 5 aliphatic rings. The highest BCUT2D eigenvalue weighted by atomic mass is 16.5. The third-order valence-electron chi connectivity index (χ3n) is 6.27. The first-order chi connectivity index (χ1) is 16.9. The second kappa shape index (κ2) is 11.1. The summed E-state index contributed by atoms with van der Waals surface area (Å²) in [5.41, 5.74) is 1.89. The van der Waals surface area contributed by atoms with Gasteiger partial charge in [-0.1, -0.05) is 18.2 Å². The van der Waals surface area contributed by atoms with E-state index in [1.54, 1.807) is 11.0 Å². The zero-order chi connectivity index (χ0) is 24.8. The van der Waals surface area contributed by atoms with Crippen LogP contribution < -0.4 is 24.8 Å². The van der Waals surface area contributed by atoms with Crippen LogP contribution in [-0.4, -0.2) is 61.6 Å². The summed E-state index contributed by atoms with van der Waals surface area (Å²) in [6, 6.07) is 12.5. The number of hydrogen-bond donors (Lipinski definition) is 2. The highest BCUT2D eigenvalue weighted by Crippen LogP contribution is 2.28. The van der Waals surface area contributed by atoms with Gasteiger partial charge in [0.2, 0.25) is 11.8 Å². The van der Waals surface area contributed by atoms with Gasteiger partial charge in [-0.2, -0.15) is 0 Å². The number of carbonyl (C=O) groups is 3. The number of amides is 3. The number of ether oxygens (including phenoxy) is 3. The SMILES string of the molecule is COc1cc2ccc1OCC(=O)N[C@@H]1CN(C(C)=O)CC[C@H]1Oc1ccc(cc1)CNC(=O)CC2. The van der Waals surface area contributed by atoms with Gasteiger partial charge in [-0.15, -0.1) is 0 Å². The number of methoxy groups -OCH3 is 1. The van der Waals surface area contributed by atoms with Gasteiger partial charge in [0.25, 0.3) is 5.91 Å². The predicted octanol–water partition coefficient (Wildman–Crippen LogP) is 1.82. The van der Waals surface area contributed by atoms with Crippen molar-refractivity contribution in [1.29, 1.82) is 0 Å². The van der Waals surface area contributed by atoms with E-state index in [9.17, 15) is 14.4 Å². The number of benzene rings is 2. The van der Waals surface area contributed by atoms with Crippen LogP contribution in [0.15, 0.2) is 42.5 Å². The molecule has 9 heteroatoms. The van der Waals surface area contributed by atoms with Gasteiger partial charge in [0.1, 0.15) is 11.9 Å². The van der Waals surface area contributed by atoms with Gasteiger partial charge in [-0.25, -0.2) is 0 Å². The minimum absolute atomic E-state index is 0.0448. The largest absolute Gasteiger partial charge is 0.493 e. The van der Waals surface area contributed by atoms with Crippen LogP contribution in [0.1, 0.15) is 30.9 Å². The van der Waals surface area contributed by atoms with Gasteiger partial charge in [-0.3, -0.25) is 14.4 Å². The molecule has 2 N–H and O–H groups in total. The highest BCUT2D eigenvalue weighted by molar-refractivity contribution is 5.78. The Morgan fingerprint density at radius 2 is 1.83 bits per heavy atom. The average Bonchev–Trinajstić information content (AvgIpc) is 2.86. The lowest BCUT2D eigenvalue weighted by Crippen LogP contribution is -2.58. The number of aryl methyl sites for hydroxylation is 1. The van der Waals surface area contributed by atoms with Gasteiger partial charge in [0, 0.05) is 39.4 Å². The fraction of sp³-hybridized carbons (Fsp3) is 0.423. The van der Waals surface area contributed by atoms with Crippen molar-refractivity contribution >= 4 is 17.7 Å². The van der Waals surface area contributed by atoms with Crippen molar-refractivity contribution in [2.24, 2.45) is 0 Å². The molecule has 0 aromatic heterocycles.